The smallest absolute Gasteiger partial charge is 0.312 e. The highest BCUT2D eigenvalue weighted by Crippen LogP contribution is 2.40. The molecule has 0 amide bonds. The largest absolute Gasteiger partial charge is 0.489 e. The number of carbonyl (C=O) groups is 1. The average Bonchev–Trinajstić information content (AvgIpc) is 2.81. The molecule has 1 atom stereocenters. The van der Waals surface area contributed by atoms with Crippen LogP contribution in [0.25, 0.3) is 10.9 Å². The Hall–Kier alpha value is -3.86. The number of carbonyl (C=O) groups excluding carboxylic acids is 1. The molecule has 0 aliphatic carbocycles. The predicted octanol–water partition coefficient (Wildman–Crippen LogP) is 4.87. The van der Waals surface area contributed by atoms with Crippen LogP contribution in [0.1, 0.15) is 34.6 Å². The lowest BCUT2D eigenvalue weighted by Gasteiger charge is -2.26. The van der Waals surface area contributed by atoms with Crippen molar-refractivity contribution in [3.05, 3.63) is 105 Å². The first kappa shape index (κ1) is 20.1. The highest BCUT2D eigenvalue weighted by molar-refractivity contribution is 5.91. The first-order valence-corrected chi connectivity index (χ1v) is 10.6. The van der Waals surface area contributed by atoms with Gasteiger partial charge in [-0.15, -0.1) is 0 Å². The zero-order valence-electron chi connectivity index (χ0n) is 18.0. The Kier molecular flexibility index (Phi) is 5.02. The van der Waals surface area contributed by atoms with E-state index in [0.29, 0.717) is 17.9 Å². The van der Waals surface area contributed by atoms with Crippen LogP contribution < -0.4 is 15.0 Å². The number of nitrogens with zero attached hydrogens (tertiary/aromatic N) is 1. The molecule has 0 saturated heterocycles. The molecule has 0 bridgehead atoms. The number of fused-ring (bicyclic) bond motifs is 3. The number of para-hydroxylation sites is 1. The molecular weight excluding hydrogens is 402 g/mol. The minimum absolute atomic E-state index is 0.129. The topological polar surface area (TPSA) is 57.5 Å². The second-order valence-corrected chi connectivity index (χ2v) is 8.20. The van der Waals surface area contributed by atoms with Crippen LogP contribution in [0.4, 0.5) is 0 Å². The van der Waals surface area contributed by atoms with Crippen molar-refractivity contribution < 1.29 is 14.3 Å². The summed E-state index contributed by atoms with van der Waals surface area (Å²) in [7, 11) is 1.75. The molecule has 4 aromatic rings. The van der Waals surface area contributed by atoms with Crippen molar-refractivity contribution in [3.8, 4) is 11.5 Å². The van der Waals surface area contributed by atoms with Crippen LogP contribution in [0.2, 0.25) is 0 Å². The third-order valence-electron chi connectivity index (χ3n) is 6.00. The summed E-state index contributed by atoms with van der Waals surface area (Å²) in [5, 5.41) is 0.765. The van der Waals surface area contributed by atoms with Crippen molar-refractivity contribution in [3.63, 3.8) is 0 Å². The fraction of sp³-hybridized carbons (Fsp3) is 0.185. The summed E-state index contributed by atoms with van der Waals surface area (Å²) >= 11 is 0. The summed E-state index contributed by atoms with van der Waals surface area (Å²) in [5.74, 6) is 0.422. The maximum absolute atomic E-state index is 13.2. The van der Waals surface area contributed by atoms with Gasteiger partial charge in [0.2, 0.25) is 0 Å². The molecule has 1 aromatic heterocycles. The standard InChI is InChI=1S/C27H23NO4/c1-17-6-5-7-18(14-17)16-31-20-12-10-19(11-13-20)22-15-24(29)32-26-21-8-3-4-9-23(21)28(2)27(30)25(22)26/h3-14,22H,15-16H2,1-2H3. The van der Waals surface area contributed by atoms with Crippen molar-refractivity contribution in [1.82, 2.24) is 4.57 Å². The highest BCUT2D eigenvalue weighted by Gasteiger charge is 2.33. The van der Waals surface area contributed by atoms with Crippen molar-refractivity contribution in [1.29, 1.82) is 0 Å². The molecule has 32 heavy (non-hydrogen) atoms. The molecule has 2 heterocycles. The molecule has 5 nitrogen and oxygen atoms in total. The quantitative estimate of drug-likeness (QED) is 0.438. The zero-order chi connectivity index (χ0) is 22.2. The van der Waals surface area contributed by atoms with Gasteiger partial charge in [-0.3, -0.25) is 9.59 Å². The normalized spacial score (nSPS) is 15.3. The Morgan fingerprint density at radius 1 is 1.00 bits per heavy atom. The van der Waals surface area contributed by atoms with Gasteiger partial charge in [0.25, 0.3) is 5.56 Å². The second-order valence-electron chi connectivity index (χ2n) is 8.20. The van der Waals surface area contributed by atoms with Crippen LogP contribution >= 0.6 is 0 Å². The lowest BCUT2D eigenvalue weighted by Crippen LogP contribution is -2.31. The van der Waals surface area contributed by atoms with Crippen LogP contribution in [0.15, 0.2) is 77.6 Å². The van der Waals surface area contributed by atoms with Gasteiger partial charge in [-0.1, -0.05) is 54.1 Å². The number of benzene rings is 3. The predicted molar refractivity (Wildman–Crippen MR) is 123 cm³/mol. The maximum Gasteiger partial charge on any atom is 0.312 e. The van der Waals surface area contributed by atoms with Crippen LogP contribution in [0, 0.1) is 6.92 Å². The summed E-state index contributed by atoms with van der Waals surface area (Å²) in [4.78, 5) is 25.7. The molecule has 5 rings (SSSR count). The van der Waals surface area contributed by atoms with E-state index in [2.05, 4.69) is 19.1 Å². The van der Waals surface area contributed by atoms with Crippen molar-refractivity contribution >= 4 is 16.9 Å². The zero-order valence-corrected chi connectivity index (χ0v) is 18.0. The Morgan fingerprint density at radius 2 is 1.78 bits per heavy atom. The first-order valence-electron chi connectivity index (χ1n) is 10.6. The molecule has 0 fully saturated rings. The number of ether oxygens (including phenoxy) is 2. The molecule has 3 aromatic carbocycles. The monoisotopic (exact) mass is 425 g/mol. The number of aromatic nitrogens is 1. The van der Waals surface area contributed by atoms with Gasteiger partial charge in [0.05, 0.1) is 17.5 Å². The van der Waals surface area contributed by atoms with E-state index >= 15 is 0 Å². The van der Waals surface area contributed by atoms with E-state index in [1.807, 2.05) is 60.7 Å². The highest BCUT2D eigenvalue weighted by atomic mass is 16.5. The third-order valence-corrected chi connectivity index (χ3v) is 6.00. The van der Waals surface area contributed by atoms with Gasteiger partial charge >= 0.3 is 5.97 Å². The van der Waals surface area contributed by atoms with Crippen molar-refractivity contribution in [2.45, 2.75) is 25.9 Å². The molecule has 5 heteroatoms. The van der Waals surface area contributed by atoms with E-state index in [1.165, 1.54) is 5.56 Å². The van der Waals surface area contributed by atoms with Crippen LogP contribution in [0.5, 0.6) is 11.5 Å². The van der Waals surface area contributed by atoms with Crippen molar-refractivity contribution in [2.24, 2.45) is 7.05 Å². The number of rotatable bonds is 4. The van der Waals surface area contributed by atoms with Crippen molar-refractivity contribution in [2.75, 3.05) is 0 Å². The van der Waals surface area contributed by atoms with Crippen LogP contribution in [-0.2, 0) is 18.4 Å². The number of aryl methyl sites for hydroxylation is 2. The molecule has 0 N–H and O–H groups in total. The third kappa shape index (κ3) is 3.56. The molecule has 0 radical (unpaired) electrons. The molecule has 1 unspecified atom stereocenters. The molecule has 160 valence electrons. The minimum Gasteiger partial charge on any atom is -0.489 e. The number of pyridine rings is 1. The van der Waals surface area contributed by atoms with E-state index in [9.17, 15) is 9.59 Å². The van der Waals surface area contributed by atoms with Gasteiger partial charge in [0, 0.05) is 18.4 Å². The summed E-state index contributed by atoms with van der Waals surface area (Å²) in [6, 6.07) is 23.3. The molecule has 0 spiro atoms. The van der Waals surface area contributed by atoms with Gasteiger partial charge in [-0.05, 0) is 42.3 Å². The maximum atomic E-state index is 13.2. The van der Waals surface area contributed by atoms with Crippen LogP contribution in [0.3, 0.4) is 0 Å². The second kappa shape index (κ2) is 8.00. The Balaban J connectivity index is 1.48. The summed E-state index contributed by atoms with van der Waals surface area (Å²) < 4.78 is 13.1. The summed E-state index contributed by atoms with van der Waals surface area (Å²) in [5.41, 5.74) is 4.31. The average molecular weight is 425 g/mol. The van der Waals surface area contributed by atoms with E-state index in [4.69, 9.17) is 9.47 Å². The first-order chi connectivity index (χ1) is 15.5. The summed E-state index contributed by atoms with van der Waals surface area (Å²) in [6.45, 7) is 2.53. The number of esters is 1. The van der Waals surface area contributed by atoms with Gasteiger partial charge < -0.3 is 14.0 Å². The fourth-order valence-electron chi connectivity index (χ4n) is 4.38. The van der Waals surface area contributed by atoms with E-state index in [1.54, 1.807) is 11.6 Å². The Labute approximate surface area is 185 Å². The van der Waals surface area contributed by atoms with Gasteiger partial charge in [0.15, 0.2) is 0 Å². The number of hydrogen-bond donors (Lipinski definition) is 0. The summed E-state index contributed by atoms with van der Waals surface area (Å²) in [6.07, 6.45) is 0.129. The molecule has 1 aliphatic heterocycles. The molecular formula is C27H23NO4. The molecule has 0 saturated carbocycles. The van der Waals surface area contributed by atoms with E-state index in [0.717, 1.165) is 27.8 Å². The lowest BCUT2D eigenvalue weighted by atomic mass is 9.86. The van der Waals surface area contributed by atoms with Gasteiger partial charge in [-0.2, -0.15) is 0 Å². The van der Waals surface area contributed by atoms with Crippen LogP contribution in [-0.4, -0.2) is 10.5 Å². The minimum atomic E-state index is -0.361. The fourth-order valence-corrected chi connectivity index (χ4v) is 4.38. The Morgan fingerprint density at radius 3 is 2.56 bits per heavy atom. The van der Waals surface area contributed by atoms with E-state index in [-0.39, 0.29) is 23.9 Å². The molecule has 1 aliphatic rings. The lowest BCUT2D eigenvalue weighted by molar-refractivity contribution is -0.135. The van der Waals surface area contributed by atoms with Gasteiger partial charge in [-0.25, -0.2) is 0 Å². The van der Waals surface area contributed by atoms with E-state index < -0.39 is 0 Å². The Bertz CT molecular complexity index is 1390. The SMILES string of the molecule is Cc1cccc(COc2ccc(C3CC(=O)Oc4c3c(=O)n(C)c3ccccc43)cc2)c1. The van der Waals surface area contributed by atoms with Gasteiger partial charge in [0.1, 0.15) is 18.1 Å². The number of hydrogen-bond acceptors (Lipinski definition) is 4.